The number of hydrogen-bond donors (Lipinski definition) is 1. The fourth-order valence-electron chi connectivity index (χ4n) is 2.69. The maximum Gasteiger partial charge on any atom is 0.229 e. The third kappa shape index (κ3) is 3.50. The van der Waals surface area contributed by atoms with Crippen LogP contribution in [0, 0.1) is 5.92 Å². The Bertz CT molecular complexity index is 538. The number of carbonyl (C=O) groups excluding carboxylic acids is 2. The number of aryl methyl sites for hydroxylation is 1. The van der Waals surface area contributed by atoms with Gasteiger partial charge in [0.15, 0.2) is 5.78 Å². The molecule has 0 atom stereocenters. The van der Waals surface area contributed by atoms with E-state index >= 15 is 0 Å². The molecule has 4 nitrogen and oxygen atoms in total. The predicted octanol–water partition coefficient (Wildman–Crippen LogP) is 2.41. The van der Waals surface area contributed by atoms with E-state index in [0.717, 1.165) is 36.2 Å². The third-order valence-corrected chi connectivity index (χ3v) is 3.88. The molecule has 21 heavy (non-hydrogen) atoms. The molecule has 0 bridgehead atoms. The normalized spacial score (nSPS) is 14.2. The van der Waals surface area contributed by atoms with E-state index < -0.39 is 0 Å². The summed E-state index contributed by atoms with van der Waals surface area (Å²) in [5.41, 5.74) is 2.85. The number of ketones is 1. The maximum atomic E-state index is 12.3. The average molecular weight is 288 g/mol. The van der Waals surface area contributed by atoms with E-state index in [2.05, 4.69) is 5.32 Å². The minimum Gasteiger partial charge on any atom is -0.319 e. The van der Waals surface area contributed by atoms with Crippen molar-refractivity contribution in [3.63, 3.8) is 0 Å². The molecule has 0 fully saturated rings. The first-order valence-electron chi connectivity index (χ1n) is 7.66. The van der Waals surface area contributed by atoms with Gasteiger partial charge in [0.05, 0.1) is 0 Å². The van der Waals surface area contributed by atoms with Gasteiger partial charge in [0, 0.05) is 36.7 Å². The highest BCUT2D eigenvalue weighted by Gasteiger charge is 2.24. The summed E-state index contributed by atoms with van der Waals surface area (Å²) >= 11 is 0. The van der Waals surface area contributed by atoms with E-state index in [9.17, 15) is 9.59 Å². The van der Waals surface area contributed by atoms with E-state index in [1.54, 1.807) is 0 Å². The van der Waals surface area contributed by atoms with Crippen LogP contribution >= 0.6 is 0 Å². The van der Waals surface area contributed by atoms with Gasteiger partial charge in [-0.15, -0.1) is 0 Å². The zero-order valence-corrected chi connectivity index (χ0v) is 13.1. The lowest BCUT2D eigenvalue weighted by molar-refractivity contribution is -0.121. The summed E-state index contributed by atoms with van der Waals surface area (Å²) < 4.78 is 0. The molecule has 0 unspecified atom stereocenters. The molecule has 1 aliphatic rings. The molecule has 1 heterocycles. The van der Waals surface area contributed by atoms with Gasteiger partial charge in [-0.3, -0.25) is 9.59 Å². The molecule has 1 aromatic rings. The molecule has 1 amide bonds. The van der Waals surface area contributed by atoms with Gasteiger partial charge in [-0.2, -0.15) is 0 Å². The maximum absolute atomic E-state index is 12.3. The van der Waals surface area contributed by atoms with Crippen molar-refractivity contribution in [1.29, 1.82) is 0 Å². The minimum absolute atomic E-state index is 0.00659. The fourth-order valence-corrected chi connectivity index (χ4v) is 2.69. The zero-order chi connectivity index (χ0) is 15.4. The van der Waals surface area contributed by atoms with Crippen LogP contribution in [0.3, 0.4) is 0 Å². The van der Waals surface area contributed by atoms with Crippen molar-refractivity contribution in [3.8, 4) is 0 Å². The van der Waals surface area contributed by atoms with Crippen LogP contribution in [0.2, 0.25) is 0 Å². The van der Waals surface area contributed by atoms with Crippen LogP contribution < -0.4 is 10.2 Å². The van der Waals surface area contributed by atoms with Gasteiger partial charge in [0.25, 0.3) is 0 Å². The lowest BCUT2D eigenvalue weighted by Crippen LogP contribution is -2.38. The lowest BCUT2D eigenvalue weighted by atomic mass is 9.96. The van der Waals surface area contributed by atoms with Crippen LogP contribution in [-0.2, 0) is 11.2 Å². The first-order valence-corrected chi connectivity index (χ1v) is 7.66. The minimum atomic E-state index is -0.00659. The third-order valence-electron chi connectivity index (χ3n) is 3.88. The molecule has 4 heteroatoms. The molecule has 114 valence electrons. The Kier molecular flexibility index (Phi) is 5.12. The zero-order valence-electron chi connectivity index (χ0n) is 13.1. The molecule has 1 N–H and O–H groups in total. The number of carbonyl (C=O) groups is 2. The fraction of sp³-hybridized carbons (Fsp3) is 0.529. The highest BCUT2D eigenvalue weighted by Crippen LogP contribution is 2.29. The van der Waals surface area contributed by atoms with Crippen LogP contribution in [0.15, 0.2) is 18.2 Å². The number of nitrogens with zero attached hydrogens (tertiary/aromatic N) is 1. The molecular formula is C17H24N2O2. The largest absolute Gasteiger partial charge is 0.319 e. The highest BCUT2D eigenvalue weighted by atomic mass is 16.2. The van der Waals surface area contributed by atoms with Gasteiger partial charge >= 0.3 is 0 Å². The molecular weight excluding hydrogens is 264 g/mol. The molecule has 1 aromatic carbocycles. The van der Waals surface area contributed by atoms with E-state index in [-0.39, 0.29) is 17.6 Å². The van der Waals surface area contributed by atoms with Crippen LogP contribution in [0.1, 0.15) is 42.6 Å². The van der Waals surface area contributed by atoms with Crippen molar-refractivity contribution >= 4 is 17.4 Å². The number of benzene rings is 1. The Balaban J connectivity index is 2.24. The molecule has 0 saturated heterocycles. The van der Waals surface area contributed by atoms with Crippen molar-refractivity contribution in [3.05, 3.63) is 29.3 Å². The van der Waals surface area contributed by atoms with Gasteiger partial charge in [0.1, 0.15) is 0 Å². The van der Waals surface area contributed by atoms with Crippen LogP contribution in [0.25, 0.3) is 0 Å². The van der Waals surface area contributed by atoms with Crippen molar-refractivity contribution < 1.29 is 9.59 Å². The molecule has 0 radical (unpaired) electrons. The summed E-state index contributed by atoms with van der Waals surface area (Å²) in [5.74, 6) is 0.303. The van der Waals surface area contributed by atoms with Gasteiger partial charge in [-0.1, -0.05) is 13.8 Å². The number of hydrogen-bond acceptors (Lipinski definition) is 3. The predicted molar refractivity (Wildman–Crippen MR) is 84.8 cm³/mol. The van der Waals surface area contributed by atoms with Crippen LogP contribution in [0.4, 0.5) is 5.69 Å². The number of amides is 1. The Morgan fingerprint density at radius 2 is 2.10 bits per heavy atom. The second kappa shape index (κ2) is 6.85. The number of rotatable bonds is 5. The van der Waals surface area contributed by atoms with E-state index in [1.807, 2.05) is 44.0 Å². The smallest absolute Gasteiger partial charge is 0.229 e. The average Bonchev–Trinajstić information content (AvgIpc) is 2.50. The molecule has 0 spiro atoms. The molecule has 2 rings (SSSR count). The Morgan fingerprint density at radius 3 is 2.76 bits per heavy atom. The van der Waals surface area contributed by atoms with Crippen molar-refractivity contribution in [2.45, 2.75) is 33.1 Å². The first kappa shape index (κ1) is 15.7. The van der Waals surface area contributed by atoms with Gasteiger partial charge in [-0.25, -0.2) is 0 Å². The molecule has 0 aliphatic carbocycles. The Labute approximate surface area is 126 Å². The van der Waals surface area contributed by atoms with Gasteiger partial charge in [-0.05, 0) is 43.7 Å². The molecule has 0 saturated carbocycles. The molecule has 0 aromatic heterocycles. The monoisotopic (exact) mass is 288 g/mol. The quantitative estimate of drug-likeness (QED) is 0.847. The number of Topliss-reactive ketones (excluding diaryl/α,β-unsaturated/α-hetero) is 1. The SMILES string of the molecule is CNCCC(=O)c1ccc2c(c1)CCCN2C(=O)C(C)C. The van der Waals surface area contributed by atoms with Crippen LogP contribution in [-0.4, -0.2) is 31.8 Å². The number of anilines is 1. The summed E-state index contributed by atoms with van der Waals surface area (Å²) in [6.07, 6.45) is 2.40. The van der Waals surface area contributed by atoms with E-state index in [1.165, 1.54) is 0 Å². The Morgan fingerprint density at radius 1 is 1.33 bits per heavy atom. The lowest BCUT2D eigenvalue weighted by Gasteiger charge is -2.31. The summed E-state index contributed by atoms with van der Waals surface area (Å²) in [5, 5.41) is 2.99. The summed E-state index contributed by atoms with van der Waals surface area (Å²) in [6.45, 7) is 5.31. The number of nitrogens with one attached hydrogen (secondary N) is 1. The number of fused-ring (bicyclic) bond motifs is 1. The summed E-state index contributed by atoms with van der Waals surface area (Å²) in [6, 6.07) is 5.75. The summed E-state index contributed by atoms with van der Waals surface area (Å²) in [4.78, 5) is 26.2. The highest BCUT2D eigenvalue weighted by molar-refractivity contribution is 5.99. The van der Waals surface area contributed by atoms with Crippen molar-refractivity contribution in [1.82, 2.24) is 5.32 Å². The first-order chi connectivity index (χ1) is 10.0. The van der Waals surface area contributed by atoms with E-state index in [0.29, 0.717) is 13.0 Å². The second-order valence-corrected chi connectivity index (χ2v) is 5.87. The van der Waals surface area contributed by atoms with Crippen molar-refractivity contribution in [2.24, 2.45) is 5.92 Å². The van der Waals surface area contributed by atoms with E-state index in [4.69, 9.17) is 0 Å². The second-order valence-electron chi connectivity index (χ2n) is 5.87. The van der Waals surface area contributed by atoms with Gasteiger partial charge in [0.2, 0.25) is 5.91 Å². The Hall–Kier alpha value is -1.68. The standard InChI is InChI=1S/C17H24N2O2/c1-12(2)17(21)19-10-4-5-13-11-14(6-7-15(13)19)16(20)8-9-18-3/h6-7,11-12,18H,4-5,8-10H2,1-3H3. The topological polar surface area (TPSA) is 49.4 Å². The van der Waals surface area contributed by atoms with Crippen molar-refractivity contribution in [2.75, 3.05) is 25.0 Å². The summed E-state index contributed by atoms with van der Waals surface area (Å²) in [7, 11) is 1.84. The van der Waals surface area contributed by atoms with Gasteiger partial charge < -0.3 is 10.2 Å². The molecule has 1 aliphatic heterocycles. The van der Waals surface area contributed by atoms with Crippen LogP contribution in [0.5, 0.6) is 0 Å².